The fourth-order valence-electron chi connectivity index (χ4n) is 2.82. The highest BCUT2D eigenvalue weighted by atomic mass is 32.2. The Morgan fingerprint density at radius 3 is 2.30 bits per heavy atom. The molecule has 23 heavy (non-hydrogen) atoms. The molecule has 0 amide bonds. The summed E-state index contributed by atoms with van der Waals surface area (Å²) in [6, 6.07) is 20.9. The molecule has 4 heteroatoms. The van der Waals surface area contributed by atoms with Gasteiger partial charge in [-0.1, -0.05) is 54.1 Å². The molecule has 0 N–H and O–H groups in total. The smallest absolute Gasteiger partial charge is 0.208 e. The van der Waals surface area contributed by atoms with Gasteiger partial charge >= 0.3 is 0 Å². The van der Waals surface area contributed by atoms with E-state index in [2.05, 4.69) is 0 Å². The van der Waals surface area contributed by atoms with Crippen LogP contribution in [-0.2, 0) is 14.6 Å². The molecular weight excluding hydrogens is 308 g/mol. The molecule has 3 nitrogen and oxygen atoms in total. The number of benzene rings is 3. The second-order valence-electron chi connectivity index (χ2n) is 5.89. The molecule has 1 fully saturated rings. The van der Waals surface area contributed by atoms with Crippen molar-refractivity contribution in [3.63, 3.8) is 0 Å². The first-order valence-corrected chi connectivity index (χ1v) is 9.05. The number of rotatable bonds is 3. The van der Waals surface area contributed by atoms with E-state index in [9.17, 15) is 8.42 Å². The minimum atomic E-state index is -3.46. The Bertz CT molecular complexity index is 975. The Labute approximate surface area is 135 Å². The fraction of sp³-hybridized carbons (Fsp3) is 0.158. The van der Waals surface area contributed by atoms with Gasteiger partial charge < -0.3 is 4.74 Å². The maximum Gasteiger partial charge on any atom is 0.208 e. The first kappa shape index (κ1) is 14.4. The SMILES string of the molecule is Cc1ccc(S(=O)(=O)[C@@H]2O[C@H]2c2ccc3ccccc3c2)cc1. The van der Waals surface area contributed by atoms with Gasteiger partial charge in [-0.3, -0.25) is 0 Å². The summed E-state index contributed by atoms with van der Waals surface area (Å²) in [5.74, 6) is 0. The van der Waals surface area contributed by atoms with Gasteiger partial charge in [-0.2, -0.15) is 0 Å². The summed E-state index contributed by atoms with van der Waals surface area (Å²) < 4.78 is 30.8. The lowest BCUT2D eigenvalue weighted by molar-refractivity contribution is 0.399. The van der Waals surface area contributed by atoms with E-state index in [-0.39, 0.29) is 6.10 Å². The van der Waals surface area contributed by atoms with Crippen LogP contribution >= 0.6 is 0 Å². The van der Waals surface area contributed by atoms with Crippen LogP contribution in [0.3, 0.4) is 0 Å². The summed E-state index contributed by atoms with van der Waals surface area (Å²) in [6.07, 6.45) is -0.383. The minimum Gasteiger partial charge on any atom is -0.347 e. The predicted octanol–water partition coefficient (Wildman–Crippen LogP) is 4.02. The van der Waals surface area contributed by atoms with E-state index in [1.165, 1.54) is 0 Å². The first-order chi connectivity index (χ1) is 11.1. The van der Waals surface area contributed by atoms with E-state index in [0.717, 1.165) is 21.9 Å². The number of aryl methyl sites for hydroxylation is 1. The van der Waals surface area contributed by atoms with Crippen molar-refractivity contribution < 1.29 is 13.2 Å². The molecule has 1 aliphatic heterocycles. The van der Waals surface area contributed by atoms with Crippen LogP contribution in [0.25, 0.3) is 10.8 Å². The van der Waals surface area contributed by atoms with Crippen molar-refractivity contribution in [3.8, 4) is 0 Å². The highest BCUT2D eigenvalue weighted by Gasteiger charge is 2.50. The highest BCUT2D eigenvalue weighted by Crippen LogP contribution is 2.45. The zero-order valence-electron chi connectivity index (χ0n) is 12.6. The van der Waals surface area contributed by atoms with Crippen LogP contribution in [0.5, 0.6) is 0 Å². The maximum absolute atomic E-state index is 12.6. The number of fused-ring (bicyclic) bond motifs is 1. The highest BCUT2D eigenvalue weighted by molar-refractivity contribution is 7.92. The zero-order valence-corrected chi connectivity index (χ0v) is 13.5. The van der Waals surface area contributed by atoms with Crippen LogP contribution in [0.4, 0.5) is 0 Å². The Hall–Kier alpha value is -2.17. The lowest BCUT2D eigenvalue weighted by Gasteiger charge is -2.03. The molecule has 4 rings (SSSR count). The first-order valence-electron chi connectivity index (χ1n) is 7.50. The third kappa shape index (κ3) is 2.54. The summed E-state index contributed by atoms with van der Waals surface area (Å²) in [7, 11) is -3.46. The molecule has 0 aromatic heterocycles. The van der Waals surface area contributed by atoms with Crippen molar-refractivity contribution in [1.82, 2.24) is 0 Å². The van der Waals surface area contributed by atoms with Crippen LogP contribution in [0.1, 0.15) is 17.2 Å². The Morgan fingerprint density at radius 1 is 0.870 bits per heavy atom. The second kappa shape index (κ2) is 5.18. The normalized spacial score (nSPS) is 20.6. The average molecular weight is 324 g/mol. The standard InChI is InChI=1S/C19H16O3S/c1-13-6-10-17(11-7-13)23(20,21)19-18(22-19)16-9-8-14-4-2-3-5-15(14)12-16/h2-12,18-19H,1H3/t18-,19-/m0/s1. The summed E-state index contributed by atoms with van der Waals surface area (Å²) in [5, 5.41) is 2.22. The average Bonchev–Trinajstić information content (AvgIpc) is 3.36. The molecule has 0 radical (unpaired) electrons. The number of hydrogen-bond donors (Lipinski definition) is 0. The van der Waals surface area contributed by atoms with Crippen molar-refractivity contribution in [2.24, 2.45) is 0 Å². The van der Waals surface area contributed by atoms with E-state index in [0.29, 0.717) is 4.90 Å². The molecule has 0 saturated carbocycles. The number of epoxide rings is 1. The van der Waals surface area contributed by atoms with E-state index in [4.69, 9.17) is 4.74 Å². The number of ether oxygens (including phenoxy) is 1. The van der Waals surface area contributed by atoms with Gasteiger partial charge in [-0.05, 0) is 41.5 Å². The largest absolute Gasteiger partial charge is 0.347 e. The zero-order chi connectivity index (χ0) is 16.0. The fourth-order valence-corrected chi connectivity index (χ4v) is 4.35. The molecule has 0 unspecified atom stereocenters. The topological polar surface area (TPSA) is 46.7 Å². The molecule has 3 aromatic rings. The van der Waals surface area contributed by atoms with E-state index in [1.54, 1.807) is 24.3 Å². The van der Waals surface area contributed by atoms with Gasteiger partial charge in [0.25, 0.3) is 0 Å². The van der Waals surface area contributed by atoms with Crippen molar-refractivity contribution in [2.75, 3.05) is 0 Å². The summed E-state index contributed by atoms with van der Waals surface area (Å²) in [5.41, 5.74) is 1.16. The van der Waals surface area contributed by atoms with Crippen LogP contribution in [0.15, 0.2) is 71.6 Å². The molecule has 0 aliphatic carbocycles. The molecular formula is C19H16O3S. The maximum atomic E-state index is 12.6. The second-order valence-corrected chi connectivity index (χ2v) is 7.92. The summed E-state index contributed by atoms with van der Waals surface area (Å²) >= 11 is 0. The van der Waals surface area contributed by atoms with Gasteiger partial charge in [-0.25, -0.2) is 8.42 Å². The van der Waals surface area contributed by atoms with Crippen molar-refractivity contribution in [1.29, 1.82) is 0 Å². The van der Waals surface area contributed by atoms with Gasteiger partial charge in [0.2, 0.25) is 9.84 Å². The van der Waals surface area contributed by atoms with Crippen LogP contribution in [0, 0.1) is 6.92 Å². The Kier molecular flexibility index (Phi) is 3.25. The lowest BCUT2D eigenvalue weighted by Crippen LogP contribution is -2.09. The van der Waals surface area contributed by atoms with Gasteiger partial charge in [0.05, 0.1) is 4.90 Å². The van der Waals surface area contributed by atoms with Gasteiger partial charge in [0, 0.05) is 0 Å². The van der Waals surface area contributed by atoms with Gasteiger partial charge in [0.1, 0.15) is 6.10 Å². The minimum absolute atomic E-state index is 0.316. The molecule has 0 bridgehead atoms. The lowest BCUT2D eigenvalue weighted by atomic mass is 10.1. The molecule has 1 saturated heterocycles. The molecule has 0 spiro atoms. The van der Waals surface area contributed by atoms with Gasteiger partial charge in [0.15, 0.2) is 5.44 Å². The third-order valence-corrected chi connectivity index (χ3v) is 6.11. The predicted molar refractivity (Wildman–Crippen MR) is 89.9 cm³/mol. The quantitative estimate of drug-likeness (QED) is 0.684. The van der Waals surface area contributed by atoms with Gasteiger partial charge in [-0.15, -0.1) is 0 Å². The summed E-state index contributed by atoms with van der Waals surface area (Å²) in [6.45, 7) is 1.93. The third-order valence-electron chi connectivity index (χ3n) is 4.21. The van der Waals surface area contributed by atoms with Crippen LogP contribution in [0.2, 0.25) is 0 Å². The van der Waals surface area contributed by atoms with E-state index >= 15 is 0 Å². The Morgan fingerprint density at radius 2 is 1.57 bits per heavy atom. The van der Waals surface area contributed by atoms with Crippen molar-refractivity contribution in [2.45, 2.75) is 23.4 Å². The summed E-state index contributed by atoms with van der Waals surface area (Å²) in [4.78, 5) is 0.316. The molecule has 2 atom stereocenters. The molecule has 1 heterocycles. The molecule has 3 aromatic carbocycles. The van der Waals surface area contributed by atoms with Crippen LogP contribution < -0.4 is 0 Å². The van der Waals surface area contributed by atoms with E-state index < -0.39 is 15.3 Å². The Balaban J connectivity index is 1.64. The number of hydrogen-bond acceptors (Lipinski definition) is 3. The van der Waals surface area contributed by atoms with E-state index in [1.807, 2.05) is 49.4 Å². The molecule has 1 aliphatic rings. The molecule has 116 valence electrons. The monoisotopic (exact) mass is 324 g/mol. The number of sulfone groups is 1. The van der Waals surface area contributed by atoms with Crippen LogP contribution in [-0.4, -0.2) is 13.9 Å². The van der Waals surface area contributed by atoms with Crippen molar-refractivity contribution in [3.05, 3.63) is 77.9 Å². The van der Waals surface area contributed by atoms with Crippen molar-refractivity contribution >= 4 is 20.6 Å².